The Morgan fingerprint density at radius 2 is 2.19 bits per heavy atom. The molecule has 0 aliphatic carbocycles. The van der Waals surface area contributed by atoms with Gasteiger partial charge in [0.2, 0.25) is 0 Å². The number of nitrogens with one attached hydrogen (secondary N) is 1. The highest BCUT2D eigenvalue weighted by Gasteiger charge is 2.43. The second kappa shape index (κ2) is 6.90. The Labute approximate surface area is 122 Å². The van der Waals surface area contributed by atoms with Crippen LogP contribution in [-0.4, -0.2) is 24.6 Å². The lowest BCUT2D eigenvalue weighted by atomic mass is 10.2. The molecular formula is C15H17NO5. The summed E-state index contributed by atoms with van der Waals surface area (Å²) in [6.45, 7) is 3.72. The molecule has 21 heavy (non-hydrogen) atoms. The zero-order chi connectivity index (χ0) is 15.1. The smallest absolute Gasteiger partial charge is 0.412 e. The molecule has 1 atom stereocenters. The van der Waals surface area contributed by atoms with Crippen molar-refractivity contribution >= 4 is 12.1 Å². The summed E-state index contributed by atoms with van der Waals surface area (Å²) in [7, 11) is 0. The zero-order valence-corrected chi connectivity index (χ0v) is 11.5. The Balaban J connectivity index is 1.98. The van der Waals surface area contributed by atoms with Crippen LogP contribution in [-0.2, 0) is 25.6 Å². The topological polar surface area (TPSA) is 73.9 Å². The molecule has 1 amide bonds. The Kier molecular flexibility index (Phi) is 4.94. The molecule has 0 radical (unpaired) electrons. The van der Waals surface area contributed by atoms with Gasteiger partial charge in [0, 0.05) is 6.42 Å². The number of amides is 1. The summed E-state index contributed by atoms with van der Waals surface area (Å²) in [4.78, 5) is 23.0. The quantitative estimate of drug-likeness (QED) is 0.493. The molecule has 1 aliphatic rings. The minimum Gasteiger partial charge on any atom is -0.445 e. The summed E-state index contributed by atoms with van der Waals surface area (Å²) < 4.78 is 15.6. The Hall–Kier alpha value is -2.34. The predicted molar refractivity (Wildman–Crippen MR) is 74.0 cm³/mol. The summed E-state index contributed by atoms with van der Waals surface area (Å²) >= 11 is 0. The Bertz CT molecular complexity index is 516. The molecule has 6 nitrogen and oxygen atoms in total. The minimum absolute atomic E-state index is 0.0640. The molecule has 0 aromatic heterocycles. The molecule has 1 aromatic rings. The average molecular weight is 291 g/mol. The number of alkyl carbamates (subject to hydrolysis) is 1. The van der Waals surface area contributed by atoms with Crippen molar-refractivity contribution in [2.75, 3.05) is 6.61 Å². The van der Waals surface area contributed by atoms with Crippen LogP contribution in [0.4, 0.5) is 4.79 Å². The first-order valence-corrected chi connectivity index (χ1v) is 6.59. The van der Waals surface area contributed by atoms with Gasteiger partial charge in [-0.25, -0.2) is 4.79 Å². The maximum atomic E-state index is 11.6. The third kappa shape index (κ3) is 4.32. The van der Waals surface area contributed by atoms with Crippen LogP contribution in [0.5, 0.6) is 0 Å². The van der Waals surface area contributed by atoms with Crippen LogP contribution < -0.4 is 5.32 Å². The predicted octanol–water partition coefficient (Wildman–Crippen LogP) is 2.11. The van der Waals surface area contributed by atoms with E-state index in [1.165, 1.54) is 6.08 Å². The van der Waals surface area contributed by atoms with Crippen molar-refractivity contribution in [2.45, 2.75) is 25.4 Å². The Morgan fingerprint density at radius 3 is 2.81 bits per heavy atom. The van der Waals surface area contributed by atoms with E-state index < -0.39 is 18.0 Å². The number of ether oxygens (including phenoxy) is 3. The van der Waals surface area contributed by atoms with Crippen molar-refractivity contribution < 1.29 is 23.8 Å². The third-order valence-corrected chi connectivity index (χ3v) is 2.88. The van der Waals surface area contributed by atoms with E-state index >= 15 is 0 Å². The number of carbonyl (C=O) groups excluding carboxylic acids is 2. The molecule has 0 unspecified atom stereocenters. The van der Waals surface area contributed by atoms with Gasteiger partial charge >= 0.3 is 18.0 Å². The Morgan fingerprint density at radius 1 is 1.43 bits per heavy atom. The number of cyclic esters (lactones) is 1. The molecule has 0 saturated carbocycles. The second-order valence-corrected chi connectivity index (χ2v) is 4.51. The molecule has 1 aromatic carbocycles. The highest BCUT2D eigenvalue weighted by Crippen LogP contribution is 2.26. The molecule has 112 valence electrons. The van der Waals surface area contributed by atoms with Gasteiger partial charge in [0.15, 0.2) is 0 Å². The lowest BCUT2D eigenvalue weighted by molar-refractivity contribution is -0.228. The maximum absolute atomic E-state index is 11.6. The van der Waals surface area contributed by atoms with Gasteiger partial charge in [-0.2, -0.15) is 0 Å². The van der Waals surface area contributed by atoms with Gasteiger partial charge in [-0.15, -0.1) is 0 Å². The molecule has 0 bridgehead atoms. The summed E-state index contributed by atoms with van der Waals surface area (Å²) in [6, 6.07) is 9.39. The first-order chi connectivity index (χ1) is 10.1. The largest absolute Gasteiger partial charge is 0.445 e. The van der Waals surface area contributed by atoms with Crippen LogP contribution in [0.2, 0.25) is 0 Å². The van der Waals surface area contributed by atoms with Crippen LogP contribution >= 0.6 is 0 Å². The summed E-state index contributed by atoms with van der Waals surface area (Å²) in [5.41, 5.74) is 0.904. The van der Waals surface area contributed by atoms with Crippen molar-refractivity contribution in [3.63, 3.8) is 0 Å². The highest BCUT2D eigenvalue weighted by atomic mass is 16.7. The van der Waals surface area contributed by atoms with Gasteiger partial charge in [-0.05, 0) is 5.56 Å². The SMILES string of the molecule is C=CCOC(=O)N[C@]1(OCc2ccccc2)CCC(=O)O1. The van der Waals surface area contributed by atoms with Crippen molar-refractivity contribution in [2.24, 2.45) is 0 Å². The first kappa shape index (κ1) is 15.1. The van der Waals surface area contributed by atoms with Gasteiger partial charge in [0.1, 0.15) is 6.61 Å². The van der Waals surface area contributed by atoms with Gasteiger partial charge in [0.05, 0.1) is 13.0 Å². The normalized spacial score (nSPS) is 20.7. The third-order valence-electron chi connectivity index (χ3n) is 2.88. The lowest BCUT2D eigenvalue weighted by Crippen LogP contribution is -2.50. The van der Waals surface area contributed by atoms with E-state index in [9.17, 15) is 9.59 Å². The van der Waals surface area contributed by atoms with Crippen LogP contribution in [0.15, 0.2) is 43.0 Å². The lowest BCUT2D eigenvalue weighted by Gasteiger charge is -2.27. The van der Waals surface area contributed by atoms with E-state index in [1.54, 1.807) is 0 Å². The summed E-state index contributed by atoms with van der Waals surface area (Å²) in [5, 5.41) is 2.45. The van der Waals surface area contributed by atoms with Crippen molar-refractivity contribution in [3.8, 4) is 0 Å². The van der Waals surface area contributed by atoms with Gasteiger partial charge in [-0.3, -0.25) is 10.1 Å². The van der Waals surface area contributed by atoms with Crippen molar-refractivity contribution in [1.82, 2.24) is 5.32 Å². The summed E-state index contributed by atoms with van der Waals surface area (Å²) in [5.74, 6) is -1.89. The highest BCUT2D eigenvalue weighted by molar-refractivity contribution is 5.74. The number of hydrogen-bond donors (Lipinski definition) is 1. The number of carbonyl (C=O) groups is 2. The molecule has 6 heteroatoms. The van der Waals surface area contributed by atoms with E-state index in [4.69, 9.17) is 14.2 Å². The van der Waals surface area contributed by atoms with Crippen LogP contribution in [0.1, 0.15) is 18.4 Å². The fourth-order valence-electron chi connectivity index (χ4n) is 1.88. The summed E-state index contributed by atoms with van der Waals surface area (Å²) in [6.07, 6.45) is 1.13. The fourth-order valence-corrected chi connectivity index (χ4v) is 1.88. The molecule has 1 aliphatic heterocycles. The first-order valence-electron chi connectivity index (χ1n) is 6.59. The van der Waals surface area contributed by atoms with Crippen molar-refractivity contribution in [3.05, 3.63) is 48.6 Å². The fraction of sp³-hybridized carbons (Fsp3) is 0.333. The van der Waals surface area contributed by atoms with Gasteiger partial charge in [-0.1, -0.05) is 43.0 Å². The molecule has 2 rings (SSSR count). The van der Waals surface area contributed by atoms with Crippen molar-refractivity contribution in [1.29, 1.82) is 0 Å². The number of benzene rings is 1. The van der Waals surface area contributed by atoms with E-state index in [0.717, 1.165) is 5.56 Å². The van der Waals surface area contributed by atoms with Crippen LogP contribution in [0.25, 0.3) is 0 Å². The maximum Gasteiger partial charge on any atom is 0.412 e. The number of rotatable bonds is 6. The molecule has 1 saturated heterocycles. The molecular weight excluding hydrogens is 274 g/mol. The molecule has 1 N–H and O–H groups in total. The number of esters is 1. The zero-order valence-electron chi connectivity index (χ0n) is 11.5. The molecule has 0 spiro atoms. The van der Waals surface area contributed by atoms with E-state index in [1.807, 2.05) is 30.3 Å². The van der Waals surface area contributed by atoms with Gasteiger partial charge < -0.3 is 14.2 Å². The minimum atomic E-state index is -1.47. The van der Waals surface area contributed by atoms with E-state index in [0.29, 0.717) is 0 Å². The van der Waals surface area contributed by atoms with Crippen LogP contribution in [0.3, 0.4) is 0 Å². The molecule has 1 fully saturated rings. The standard InChI is InChI=1S/C15H17NO5/c1-2-10-19-14(18)16-15(9-8-13(17)21-15)20-11-12-6-4-3-5-7-12/h2-7H,1,8-11H2,(H,16,18)/t15-/m0/s1. The van der Waals surface area contributed by atoms with E-state index in [2.05, 4.69) is 11.9 Å². The second-order valence-electron chi connectivity index (χ2n) is 4.51. The average Bonchev–Trinajstić information content (AvgIpc) is 2.85. The van der Waals surface area contributed by atoms with Gasteiger partial charge in [0.25, 0.3) is 0 Å². The number of hydrogen-bond acceptors (Lipinski definition) is 5. The van der Waals surface area contributed by atoms with E-state index in [-0.39, 0.29) is 26.1 Å². The molecule has 1 heterocycles. The monoisotopic (exact) mass is 291 g/mol. The van der Waals surface area contributed by atoms with Crippen LogP contribution in [0, 0.1) is 0 Å².